The van der Waals surface area contributed by atoms with E-state index in [4.69, 9.17) is 8.85 Å². The van der Waals surface area contributed by atoms with Crippen LogP contribution in [0.4, 0.5) is 0 Å². The molecule has 1 N–H and O–H groups in total. The first-order valence-corrected chi connectivity index (χ1v) is 17.1. The Morgan fingerprint density at radius 1 is 0.793 bits per heavy atom. The molecule has 0 aliphatic heterocycles. The molecule has 1 aliphatic carbocycles. The number of aliphatic hydroxyl groups is 1. The smallest absolute Gasteiger partial charge is 0.250 e. The second-order valence-corrected chi connectivity index (χ2v) is 21.4. The highest BCUT2D eigenvalue weighted by Gasteiger charge is 2.41. The molecule has 1 aromatic carbocycles. The molecule has 1 aliphatic rings. The van der Waals surface area contributed by atoms with Crippen LogP contribution in [0.3, 0.4) is 0 Å². The number of hydrogen-bond donors (Lipinski definition) is 1. The maximum atomic E-state index is 9.94. The predicted molar refractivity (Wildman–Crippen MR) is 129 cm³/mol. The van der Waals surface area contributed by atoms with E-state index in [1.54, 1.807) is 0 Å². The fourth-order valence-electron chi connectivity index (χ4n) is 3.27. The van der Waals surface area contributed by atoms with Crippen molar-refractivity contribution in [3.05, 3.63) is 23.8 Å². The second kappa shape index (κ2) is 8.39. The highest BCUT2D eigenvalue weighted by Crippen LogP contribution is 2.45. The maximum Gasteiger partial charge on any atom is 0.250 e. The lowest BCUT2D eigenvalue weighted by atomic mass is 9.82. The van der Waals surface area contributed by atoms with E-state index in [2.05, 4.69) is 85.9 Å². The van der Waals surface area contributed by atoms with Gasteiger partial charge in [0.15, 0.2) is 0 Å². The molecule has 29 heavy (non-hydrogen) atoms. The zero-order chi connectivity index (χ0) is 22.3. The van der Waals surface area contributed by atoms with Crippen LogP contribution in [0, 0.1) is 0 Å². The molecule has 1 aromatic rings. The quantitative estimate of drug-likeness (QED) is 0.486. The summed E-state index contributed by atoms with van der Waals surface area (Å²) in [7, 11) is -3.87. The molecule has 0 heterocycles. The van der Waals surface area contributed by atoms with Crippen LogP contribution in [0.2, 0.25) is 36.3 Å². The molecule has 3 nitrogen and oxygen atoms in total. The van der Waals surface area contributed by atoms with E-state index in [0.717, 1.165) is 37.2 Å². The minimum Gasteiger partial charge on any atom is -0.543 e. The Morgan fingerprint density at radius 2 is 1.28 bits per heavy atom. The van der Waals surface area contributed by atoms with Crippen LogP contribution in [0.5, 0.6) is 11.5 Å². The average molecular weight is 437 g/mol. The molecule has 166 valence electrons. The van der Waals surface area contributed by atoms with Crippen LogP contribution >= 0.6 is 0 Å². The van der Waals surface area contributed by atoms with Crippen molar-refractivity contribution in [3.8, 4) is 11.5 Å². The van der Waals surface area contributed by atoms with Gasteiger partial charge in [-0.2, -0.15) is 0 Å². The lowest BCUT2D eigenvalue weighted by Crippen LogP contribution is -2.44. The van der Waals surface area contributed by atoms with Gasteiger partial charge in [-0.25, -0.2) is 0 Å². The van der Waals surface area contributed by atoms with Crippen molar-refractivity contribution in [1.29, 1.82) is 0 Å². The van der Waals surface area contributed by atoms with E-state index in [0.29, 0.717) is 5.92 Å². The lowest BCUT2D eigenvalue weighted by molar-refractivity contribution is 0.122. The van der Waals surface area contributed by atoms with Crippen molar-refractivity contribution in [3.63, 3.8) is 0 Å². The number of rotatable bonds is 5. The van der Waals surface area contributed by atoms with E-state index < -0.39 is 16.6 Å². The summed E-state index contributed by atoms with van der Waals surface area (Å²) < 4.78 is 13.4. The summed E-state index contributed by atoms with van der Waals surface area (Å²) in [6.45, 7) is 22.9. The van der Waals surface area contributed by atoms with Gasteiger partial charge in [-0.05, 0) is 79.5 Å². The fourth-order valence-corrected chi connectivity index (χ4v) is 5.32. The van der Waals surface area contributed by atoms with Gasteiger partial charge in [-0.1, -0.05) is 47.6 Å². The van der Waals surface area contributed by atoms with Crippen LogP contribution in [0.25, 0.3) is 0 Å². The van der Waals surface area contributed by atoms with Crippen LogP contribution in [0.15, 0.2) is 18.2 Å². The summed E-state index contributed by atoms with van der Waals surface area (Å²) >= 11 is 0. The van der Waals surface area contributed by atoms with Gasteiger partial charge < -0.3 is 14.0 Å². The summed E-state index contributed by atoms with van der Waals surface area (Å²) in [5.74, 6) is 2.40. The fraction of sp³-hybridized carbons (Fsp3) is 0.750. The normalized spacial score (nSPS) is 21.8. The molecule has 0 amide bonds. The maximum absolute atomic E-state index is 9.94. The van der Waals surface area contributed by atoms with Crippen molar-refractivity contribution in [2.45, 2.75) is 116 Å². The summed E-state index contributed by atoms with van der Waals surface area (Å²) in [6.07, 6.45) is 3.67. The Balaban J connectivity index is 2.41. The highest BCUT2D eigenvalue weighted by molar-refractivity contribution is 6.75. The molecular formula is C24H44O3Si2. The topological polar surface area (TPSA) is 38.7 Å². The molecule has 1 saturated carbocycles. The van der Waals surface area contributed by atoms with Crippen LogP contribution in [0.1, 0.15) is 78.7 Å². The summed E-state index contributed by atoms with van der Waals surface area (Å²) in [6, 6.07) is 6.52. The van der Waals surface area contributed by atoms with Gasteiger partial charge in [0.05, 0.1) is 6.10 Å². The first-order valence-electron chi connectivity index (χ1n) is 11.2. The van der Waals surface area contributed by atoms with Crippen LogP contribution < -0.4 is 8.85 Å². The van der Waals surface area contributed by atoms with Crippen molar-refractivity contribution in [2.75, 3.05) is 0 Å². The molecule has 0 radical (unpaired) electrons. The van der Waals surface area contributed by atoms with Gasteiger partial charge in [-0.3, -0.25) is 0 Å². The average Bonchev–Trinajstić information content (AvgIpc) is 2.53. The molecule has 1 fully saturated rings. The molecule has 5 heteroatoms. The lowest BCUT2D eigenvalue weighted by Gasteiger charge is -2.39. The zero-order valence-corrected chi connectivity index (χ0v) is 22.5. The van der Waals surface area contributed by atoms with Gasteiger partial charge in [0.2, 0.25) is 16.6 Å². The minimum absolute atomic E-state index is 0.141. The van der Waals surface area contributed by atoms with E-state index in [1.807, 2.05) is 0 Å². The molecule has 0 aromatic heterocycles. The molecular weight excluding hydrogens is 392 g/mol. The highest BCUT2D eigenvalue weighted by atomic mass is 28.4. The Bertz CT molecular complexity index is 691. The Morgan fingerprint density at radius 3 is 1.76 bits per heavy atom. The third-order valence-corrected chi connectivity index (χ3v) is 16.2. The standard InChI is InChI=1S/C24H44O3Si2/c1-23(2,3)28(7,8)26-20-15-16-21(18-11-13-19(25)14-12-18)22(17-20)27-29(9,10)24(4,5)6/h15-19,25H,11-14H2,1-10H3/t18-,19+. The SMILES string of the molecule is CC(C)(C)[Si](C)(C)Oc1ccc([C@H]2CC[C@@H](O)CC2)c(O[Si](C)(C)C(C)(C)C)c1. The van der Waals surface area contributed by atoms with Gasteiger partial charge in [0.1, 0.15) is 11.5 Å². The molecule has 0 spiro atoms. The van der Waals surface area contributed by atoms with E-state index in [9.17, 15) is 5.11 Å². The van der Waals surface area contributed by atoms with E-state index >= 15 is 0 Å². The molecule has 0 atom stereocenters. The molecule has 0 bridgehead atoms. The monoisotopic (exact) mass is 436 g/mol. The summed E-state index contributed by atoms with van der Waals surface area (Å²) in [5, 5.41) is 10.2. The Hall–Kier alpha value is -0.786. The Labute approximate surface area is 181 Å². The second-order valence-electron chi connectivity index (χ2n) is 11.9. The van der Waals surface area contributed by atoms with Gasteiger partial charge in [0.25, 0.3) is 0 Å². The van der Waals surface area contributed by atoms with E-state index in [-0.39, 0.29) is 16.2 Å². The first kappa shape index (κ1) is 24.5. The number of aliphatic hydroxyl groups excluding tert-OH is 1. The Kier molecular flexibility index (Phi) is 7.08. The van der Waals surface area contributed by atoms with Crippen LogP contribution in [-0.2, 0) is 0 Å². The number of hydrogen-bond acceptors (Lipinski definition) is 3. The number of benzene rings is 1. The first-order chi connectivity index (χ1) is 13.0. The predicted octanol–water partition coefficient (Wildman–Crippen LogP) is 7.47. The van der Waals surface area contributed by atoms with Gasteiger partial charge >= 0.3 is 0 Å². The van der Waals surface area contributed by atoms with Crippen molar-refractivity contribution < 1.29 is 14.0 Å². The van der Waals surface area contributed by atoms with Crippen LogP contribution in [-0.4, -0.2) is 27.8 Å². The summed E-state index contributed by atoms with van der Waals surface area (Å²) in [4.78, 5) is 0. The van der Waals surface area contributed by atoms with Gasteiger partial charge in [0, 0.05) is 6.07 Å². The largest absolute Gasteiger partial charge is 0.543 e. The van der Waals surface area contributed by atoms with Gasteiger partial charge in [-0.15, -0.1) is 0 Å². The zero-order valence-electron chi connectivity index (χ0n) is 20.5. The van der Waals surface area contributed by atoms with Crippen molar-refractivity contribution in [1.82, 2.24) is 0 Å². The molecule has 0 unspecified atom stereocenters. The third kappa shape index (κ3) is 5.89. The van der Waals surface area contributed by atoms with E-state index in [1.165, 1.54) is 5.56 Å². The molecule has 0 saturated heterocycles. The minimum atomic E-state index is -1.97. The third-order valence-electron chi connectivity index (χ3n) is 7.47. The van der Waals surface area contributed by atoms with Crippen molar-refractivity contribution >= 4 is 16.6 Å². The molecule has 2 rings (SSSR count). The van der Waals surface area contributed by atoms with Crippen molar-refractivity contribution in [2.24, 2.45) is 0 Å². The summed E-state index contributed by atoms with van der Waals surface area (Å²) in [5.41, 5.74) is 1.30.